The van der Waals surface area contributed by atoms with Crippen LogP contribution in [-0.2, 0) is 14.6 Å². The molecule has 108 valence electrons. The highest BCUT2D eigenvalue weighted by molar-refractivity contribution is 7.92. The lowest BCUT2D eigenvalue weighted by Gasteiger charge is -2.29. The summed E-state index contributed by atoms with van der Waals surface area (Å²) in [5.74, 6) is -0.540. The number of sulfone groups is 1. The second-order valence-corrected chi connectivity index (χ2v) is 7.70. The lowest BCUT2D eigenvalue weighted by Crippen LogP contribution is -2.43. The van der Waals surface area contributed by atoms with Crippen molar-refractivity contribution < 1.29 is 13.2 Å². The third-order valence-electron chi connectivity index (χ3n) is 3.88. The van der Waals surface area contributed by atoms with Crippen molar-refractivity contribution in [3.63, 3.8) is 0 Å². The van der Waals surface area contributed by atoms with Crippen molar-refractivity contribution in [3.05, 3.63) is 12.2 Å². The number of nitrogens with zero attached hydrogens (tertiary/aromatic N) is 1. The average Bonchev–Trinajstić information content (AvgIpc) is 3.01. The monoisotopic (exact) mass is 285 g/mol. The quantitative estimate of drug-likeness (QED) is 0.701. The molecular formula is C14H23NO3S. The second-order valence-electron chi connectivity index (χ2n) is 5.59. The van der Waals surface area contributed by atoms with Gasteiger partial charge in [-0.3, -0.25) is 4.79 Å². The maximum Gasteiger partial charge on any atom is 0.238 e. The van der Waals surface area contributed by atoms with Crippen molar-refractivity contribution in [2.24, 2.45) is 0 Å². The van der Waals surface area contributed by atoms with Gasteiger partial charge in [0.25, 0.3) is 0 Å². The van der Waals surface area contributed by atoms with Crippen LogP contribution in [0.2, 0.25) is 0 Å². The molecule has 0 aliphatic heterocycles. The Morgan fingerprint density at radius 3 is 2.26 bits per heavy atom. The molecule has 0 aromatic heterocycles. The molecule has 5 heteroatoms. The number of hydrogen-bond donors (Lipinski definition) is 0. The van der Waals surface area contributed by atoms with E-state index in [1.807, 2.05) is 4.90 Å². The predicted molar refractivity (Wildman–Crippen MR) is 75.6 cm³/mol. The molecule has 1 amide bonds. The molecule has 2 aliphatic rings. The highest BCUT2D eigenvalue weighted by Crippen LogP contribution is 2.34. The minimum Gasteiger partial charge on any atom is -0.336 e. The van der Waals surface area contributed by atoms with Gasteiger partial charge >= 0.3 is 0 Å². The maximum atomic E-state index is 12.3. The zero-order valence-electron chi connectivity index (χ0n) is 11.5. The van der Waals surface area contributed by atoms with E-state index < -0.39 is 9.84 Å². The number of carbonyl (C=O) groups is 1. The fraction of sp³-hybridized carbons (Fsp3) is 0.786. The van der Waals surface area contributed by atoms with Gasteiger partial charge in [-0.1, -0.05) is 25.0 Å². The van der Waals surface area contributed by atoms with Gasteiger partial charge in [0, 0.05) is 12.1 Å². The van der Waals surface area contributed by atoms with Crippen LogP contribution in [0.4, 0.5) is 0 Å². The number of carbonyl (C=O) groups excluding carboxylic acids is 1. The number of amides is 1. The highest BCUT2D eigenvalue weighted by atomic mass is 32.2. The second kappa shape index (κ2) is 6.07. The van der Waals surface area contributed by atoms with Gasteiger partial charge in [-0.2, -0.15) is 0 Å². The van der Waals surface area contributed by atoms with Crippen molar-refractivity contribution in [2.75, 3.05) is 11.5 Å². The van der Waals surface area contributed by atoms with E-state index in [2.05, 4.69) is 0 Å². The fourth-order valence-electron chi connectivity index (χ4n) is 2.80. The SMILES string of the molecule is CC=CCS(=O)(=O)CC(=O)N(C1CCCC1)C1CC1. The largest absolute Gasteiger partial charge is 0.336 e. The summed E-state index contributed by atoms with van der Waals surface area (Å²) < 4.78 is 23.7. The van der Waals surface area contributed by atoms with E-state index in [9.17, 15) is 13.2 Å². The standard InChI is InChI=1S/C14H23NO3S/c1-2-3-10-19(17,18)11-14(16)15(13-8-9-13)12-6-4-5-7-12/h2-3,12-13H,4-11H2,1H3. The van der Waals surface area contributed by atoms with Crippen molar-refractivity contribution in [3.8, 4) is 0 Å². The van der Waals surface area contributed by atoms with Crippen LogP contribution in [0, 0.1) is 0 Å². The first-order chi connectivity index (χ1) is 9.03. The summed E-state index contributed by atoms with van der Waals surface area (Å²) in [5.41, 5.74) is 0. The van der Waals surface area contributed by atoms with Gasteiger partial charge < -0.3 is 4.90 Å². The number of allylic oxidation sites excluding steroid dienone is 1. The van der Waals surface area contributed by atoms with Crippen LogP contribution in [0.15, 0.2) is 12.2 Å². The van der Waals surface area contributed by atoms with E-state index >= 15 is 0 Å². The Labute approximate surface area is 115 Å². The average molecular weight is 285 g/mol. The van der Waals surface area contributed by atoms with Gasteiger partial charge in [0.15, 0.2) is 9.84 Å². The van der Waals surface area contributed by atoms with Crippen LogP contribution >= 0.6 is 0 Å². The summed E-state index contributed by atoms with van der Waals surface area (Å²) in [7, 11) is -3.30. The Hall–Kier alpha value is -0.840. The van der Waals surface area contributed by atoms with Crippen LogP contribution in [0.3, 0.4) is 0 Å². The van der Waals surface area contributed by atoms with Gasteiger partial charge in [0.05, 0.1) is 5.75 Å². The highest BCUT2D eigenvalue weighted by Gasteiger charge is 2.39. The predicted octanol–water partition coefficient (Wildman–Crippen LogP) is 1.91. The Kier molecular flexibility index (Phi) is 4.66. The topological polar surface area (TPSA) is 54.5 Å². The van der Waals surface area contributed by atoms with Gasteiger partial charge in [-0.25, -0.2) is 8.42 Å². The van der Waals surface area contributed by atoms with Gasteiger partial charge in [0.2, 0.25) is 5.91 Å². The molecule has 0 radical (unpaired) electrons. The zero-order valence-corrected chi connectivity index (χ0v) is 12.4. The normalized spacial score (nSPS) is 21.1. The van der Waals surface area contributed by atoms with E-state index in [4.69, 9.17) is 0 Å². The first-order valence-electron chi connectivity index (χ1n) is 7.16. The molecule has 2 fully saturated rings. The molecule has 2 saturated carbocycles. The minimum atomic E-state index is -3.30. The molecule has 0 saturated heterocycles. The third-order valence-corrected chi connectivity index (χ3v) is 5.26. The van der Waals surface area contributed by atoms with Crippen molar-refractivity contribution in [1.82, 2.24) is 4.90 Å². The van der Waals surface area contributed by atoms with E-state index in [0.717, 1.165) is 38.5 Å². The lowest BCUT2D eigenvalue weighted by molar-refractivity contribution is -0.131. The summed E-state index contributed by atoms with van der Waals surface area (Å²) in [6, 6.07) is 0.601. The Morgan fingerprint density at radius 2 is 1.74 bits per heavy atom. The smallest absolute Gasteiger partial charge is 0.238 e. The molecule has 0 N–H and O–H groups in total. The molecule has 0 atom stereocenters. The van der Waals surface area contributed by atoms with Crippen molar-refractivity contribution >= 4 is 15.7 Å². The van der Waals surface area contributed by atoms with Crippen LogP contribution in [-0.4, -0.2) is 42.8 Å². The molecule has 0 aromatic carbocycles. The van der Waals surface area contributed by atoms with Crippen LogP contribution in [0.1, 0.15) is 45.4 Å². The van der Waals surface area contributed by atoms with E-state index in [0.29, 0.717) is 6.04 Å². The Morgan fingerprint density at radius 1 is 1.16 bits per heavy atom. The fourth-order valence-corrected chi connectivity index (χ4v) is 3.93. The van der Waals surface area contributed by atoms with Crippen LogP contribution in [0.25, 0.3) is 0 Å². The summed E-state index contributed by atoms with van der Waals surface area (Å²) in [6.45, 7) is 1.78. The molecule has 0 aromatic rings. The molecule has 2 aliphatic carbocycles. The molecular weight excluding hydrogens is 262 g/mol. The molecule has 0 unspecified atom stereocenters. The molecule has 0 heterocycles. The molecule has 0 bridgehead atoms. The first kappa shape index (κ1) is 14.6. The van der Waals surface area contributed by atoms with Crippen LogP contribution in [0.5, 0.6) is 0 Å². The van der Waals surface area contributed by atoms with Gasteiger partial charge in [0.1, 0.15) is 5.75 Å². The van der Waals surface area contributed by atoms with E-state index in [-0.39, 0.29) is 23.5 Å². The summed E-state index contributed by atoms with van der Waals surface area (Å²) in [6.07, 6.45) is 9.78. The summed E-state index contributed by atoms with van der Waals surface area (Å²) in [5, 5.41) is 0. The maximum absolute atomic E-state index is 12.3. The number of rotatable bonds is 6. The molecule has 19 heavy (non-hydrogen) atoms. The van der Waals surface area contributed by atoms with E-state index in [1.54, 1.807) is 19.1 Å². The summed E-state index contributed by atoms with van der Waals surface area (Å²) in [4.78, 5) is 14.2. The lowest BCUT2D eigenvalue weighted by atomic mass is 10.2. The molecule has 4 nitrogen and oxygen atoms in total. The Bertz CT molecular complexity index is 445. The first-order valence-corrected chi connectivity index (χ1v) is 8.98. The van der Waals surface area contributed by atoms with Gasteiger partial charge in [-0.05, 0) is 32.6 Å². The number of hydrogen-bond acceptors (Lipinski definition) is 3. The zero-order chi connectivity index (χ0) is 13.9. The van der Waals surface area contributed by atoms with Crippen LogP contribution < -0.4 is 0 Å². The summed E-state index contributed by atoms with van der Waals surface area (Å²) >= 11 is 0. The van der Waals surface area contributed by atoms with Crippen molar-refractivity contribution in [1.29, 1.82) is 0 Å². The Balaban J connectivity index is 1.99. The van der Waals surface area contributed by atoms with Gasteiger partial charge in [-0.15, -0.1) is 0 Å². The van der Waals surface area contributed by atoms with Crippen molar-refractivity contribution in [2.45, 2.75) is 57.5 Å². The third kappa shape index (κ3) is 4.06. The molecule has 2 rings (SSSR count). The van der Waals surface area contributed by atoms with E-state index in [1.165, 1.54) is 0 Å². The molecule has 0 spiro atoms. The minimum absolute atomic E-state index is 0.0294.